The number of hydrogen-bond acceptors (Lipinski definition) is 7. The minimum Gasteiger partial charge on any atom is -0.376 e. The lowest BCUT2D eigenvalue weighted by atomic mass is 9.90. The third kappa shape index (κ3) is 2.77. The Bertz CT molecular complexity index is 744. The topological polar surface area (TPSA) is 94.2 Å². The minimum absolute atomic E-state index is 0.0707. The molecule has 1 amide bonds. The fraction of sp³-hybridized carbons (Fsp3) is 0.562. The summed E-state index contributed by atoms with van der Waals surface area (Å²) in [5.74, 6) is 1.77. The first-order chi connectivity index (χ1) is 11.6. The molecule has 8 nitrogen and oxygen atoms in total. The van der Waals surface area contributed by atoms with Crippen molar-refractivity contribution < 1.29 is 14.1 Å². The van der Waals surface area contributed by atoms with Crippen LogP contribution in [0.4, 0.5) is 0 Å². The van der Waals surface area contributed by atoms with Gasteiger partial charge >= 0.3 is 0 Å². The first-order valence-electron chi connectivity index (χ1n) is 8.09. The summed E-state index contributed by atoms with van der Waals surface area (Å²) >= 11 is 0. The van der Waals surface area contributed by atoms with Crippen LogP contribution in [-0.4, -0.2) is 56.7 Å². The van der Waals surface area contributed by atoms with Crippen LogP contribution in [0.5, 0.6) is 0 Å². The van der Waals surface area contributed by atoms with Crippen LogP contribution in [-0.2, 0) is 11.2 Å². The standard InChI is InChI=1S/C16H19N5O3/c1-9-4-18-13(5-17-9)16(22)21-6-12-11(8-23-14(12)7-21)3-15-19-10(2)20-24-15/h4-5,11-12,14H,3,6-8H2,1-2H3/t11-,12-,14-/m1/s1. The van der Waals surface area contributed by atoms with Crippen LogP contribution in [0, 0.1) is 25.7 Å². The van der Waals surface area contributed by atoms with Gasteiger partial charge in [-0.05, 0) is 19.8 Å². The van der Waals surface area contributed by atoms with E-state index < -0.39 is 0 Å². The molecule has 0 radical (unpaired) electrons. The van der Waals surface area contributed by atoms with Crippen molar-refractivity contribution >= 4 is 5.91 Å². The average molecular weight is 329 g/mol. The van der Waals surface area contributed by atoms with Gasteiger partial charge in [-0.3, -0.25) is 9.78 Å². The van der Waals surface area contributed by atoms with Crippen molar-refractivity contribution in [2.75, 3.05) is 19.7 Å². The molecule has 0 unspecified atom stereocenters. The number of nitrogens with zero attached hydrogens (tertiary/aromatic N) is 5. The molecule has 0 N–H and O–H groups in total. The Hall–Kier alpha value is -2.35. The summed E-state index contributed by atoms with van der Waals surface area (Å²) in [7, 11) is 0. The lowest BCUT2D eigenvalue weighted by molar-refractivity contribution is 0.0671. The average Bonchev–Trinajstić information content (AvgIpc) is 3.25. The molecule has 2 saturated heterocycles. The highest BCUT2D eigenvalue weighted by atomic mass is 16.5. The number of aromatic nitrogens is 4. The van der Waals surface area contributed by atoms with Gasteiger partial charge in [0.15, 0.2) is 5.82 Å². The highest BCUT2D eigenvalue weighted by molar-refractivity contribution is 5.92. The van der Waals surface area contributed by atoms with Gasteiger partial charge in [0.1, 0.15) is 5.69 Å². The first-order valence-corrected chi connectivity index (χ1v) is 8.09. The molecular formula is C16H19N5O3. The van der Waals surface area contributed by atoms with Gasteiger partial charge in [0.2, 0.25) is 5.89 Å². The third-order valence-electron chi connectivity index (χ3n) is 4.73. The number of amides is 1. The van der Waals surface area contributed by atoms with Gasteiger partial charge in [-0.15, -0.1) is 0 Å². The molecule has 0 aromatic carbocycles. The molecule has 2 aliphatic heterocycles. The molecule has 2 fully saturated rings. The van der Waals surface area contributed by atoms with E-state index in [9.17, 15) is 4.79 Å². The van der Waals surface area contributed by atoms with Gasteiger partial charge in [0, 0.05) is 31.6 Å². The maximum absolute atomic E-state index is 12.6. The third-order valence-corrected chi connectivity index (χ3v) is 4.73. The van der Waals surface area contributed by atoms with E-state index in [0.29, 0.717) is 49.4 Å². The first kappa shape index (κ1) is 15.2. The Balaban J connectivity index is 1.43. The normalized spacial score (nSPS) is 25.9. The van der Waals surface area contributed by atoms with E-state index in [2.05, 4.69) is 20.1 Å². The summed E-state index contributed by atoms with van der Waals surface area (Å²) in [5.41, 5.74) is 1.17. The Morgan fingerprint density at radius 3 is 2.88 bits per heavy atom. The monoisotopic (exact) mass is 329 g/mol. The summed E-state index contributed by atoms with van der Waals surface area (Å²) in [6, 6.07) is 0. The molecule has 0 aliphatic carbocycles. The van der Waals surface area contributed by atoms with Crippen LogP contribution in [0.1, 0.15) is 27.9 Å². The van der Waals surface area contributed by atoms with Crippen LogP contribution in [0.3, 0.4) is 0 Å². The molecule has 3 atom stereocenters. The van der Waals surface area contributed by atoms with E-state index in [1.807, 2.05) is 6.92 Å². The minimum atomic E-state index is -0.0899. The molecule has 8 heteroatoms. The van der Waals surface area contributed by atoms with Crippen LogP contribution in [0.2, 0.25) is 0 Å². The fourth-order valence-electron chi connectivity index (χ4n) is 3.49. The summed E-state index contributed by atoms with van der Waals surface area (Å²) in [6.07, 6.45) is 3.91. The number of carbonyl (C=O) groups is 1. The van der Waals surface area contributed by atoms with Crippen LogP contribution < -0.4 is 0 Å². The van der Waals surface area contributed by atoms with Crippen molar-refractivity contribution in [3.63, 3.8) is 0 Å². The van der Waals surface area contributed by atoms with E-state index in [1.54, 1.807) is 18.0 Å². The van der Waals surface area contributed by atoms with E-state index >= 15 is 0 Å². The Morgan fingerprint density at radius 1 is 1.29 bits per heavy atom. The number of fused-ring (bicyclic) bond motifs is 1. The smallest absolute Gasteiger partial charge is 0.274 e. The number of likely N-dealkylation sites (tertiary alicyclic amines) is 1. The Morgan fingerprint density at radius 2 is 2.17 bits per heavy atom. The summed E-state index contributed by atoms with van der Waals surface area (Å²) < 4.78 is 11.1. The number of carbonyl (C=O) groups excluding carboxylic acids is 1. The largest absolute Gasteiger partial charge is 0.376 e. The zero-order chi connectivity index (χ0) is 16.7. The zero-order valence-electron chi connectivity index (χ0n) is 13.7. The van der Waals surface area contributed by atoms with Crippen molar-refractivity contribution in [2.45, 2.75) is 26.4 Å². The second kappa shape index (κ2) is 5.94. The predicted octanol–water partition coefficient (Wildman–Crippen LogP) is 0.806. The summed E-state index contributed by atoms with van der Waals surface area (Å²) in [4.78, 5) is 27.0. The van der Waals surface area contributed by atoms with Gasteiger partial charge < -0.3 is 14.2 Å². The molecule has 4 heterocycles. The van der Waals surface area contributed by atoms with Crippen molar-refractivity contribution in [1.29, 1.82) is 0 Å². The lowest BCUT2D eigenvalue weighted by Crippen LogP contribution is -2.32. The summed E-state index contributed by atoms with van der Waals surface area (Å²) in [5, 5.41) is 3.83. The molecule has 0 saturated carbocycles. The molecule has 0 bridgehead atoms. The van der Waals surface area contributed by atoms with Gasteiger partial charge in [0.05, 0.1) is 24.6 Å². The molecule has 4 rings (SSSR count). The molecule has 24 heavy (non-hydrogen) atoms. The number of ether oxygens (including phenoxy) is 1. The number of aryl methyl sites for hydroxylation is 2. The fourth-order valence-corrected chi connectivity index (χ4v) is 3.49. The molecular weight excluding hydrogens is 310 g/mol. The molecule has 2 aromatic rings. The molecule has 0 spiro atoms. The maximum Gasteiger partial charge on any atom is 0.274 e. The summed E-state index contributed by atoms with van der Waals surface area (Å²) in [6.45, 7) is 5.58. The highest BCUT2D eigenvalue weighted by Gasteiger charge is 2.45. The van der Waals surface area contributed by atoms with E-state index in [-0.39, 0.29) is 17.9 Å². The van der Waals surface area contributed by atoms with Gasteiger partial charge in [0.25, 0.3) is 5.91 Å². The van der Waals surface area contributed by atoms with Crippen molar-refractivity contribution in [1.82, 2.24) is 25.0 Å². The van der Waals surface area contributed by atoms with E-state index in [1.165, 1.54) is 6.20 Å². The van der Waals surface area contributed by atoms with Crippen molar-refractivity contribution in [3.05, 3.63) is 35.5 Å². The Kier molecular flexibility index (Phi) is 3.76. The predicted molar refractivity (Wildman–Crippen MR) is 82.1 cm³/mol. The number of hydrogen-bond donors (Lipinski definition) is 0. The quantitative estimate of drug-likeness (QED) is 0.822. The lowest BCUT2D eigenvalue weighted by Gasteiger charge is -2.18. The highest BCUT2D eigenvalue weighted by Crippen LogP contribution is 2.35. The van der Waals surface area contributed by atoms with Crippen LogP contribution in [0.15, 0.2) is 16.9 Å². The molecule has 2 aliphatic rings. The Labute approximate surface area is 139 Å². The van der Waals surface area contributed by atoms with Gasteiger partial charge in [-0.2, -0.15) is 4.98 Å². The van der Waals surface area contributed by atoms with Crippen molar-refractivity contribution in [3.8, 4) is 0 Å². The molecule has 2 aromatic heterocycles. The van der Waals surface area contributed by atoms with E-state index in [4.69, 9.17) is 9.26 Å². The van der Waals surface area contributed by atoms with Crippen LogP contribution in [0.25, 0.3) is 0 Å². The SMILES string of the molecule is Cc1cnc(C(=O)N2C[C@@H]3[C@H](Cc4nc(C)no4)CO[C@@H]3C2)cn1. The van der Waals surface area contributed by atoms with Crippen molar-refractivity contribution in [2.24, 2.45) is 11.8 Å². The van der Waals surface area contributed by atoms with Crippen LogP contribution >= 0.6 is 0 Å². The second-order valence-corrected chi connectivity index (χ2v) is 6.49. The van der Waals surface area contributed by atoms with Gasteiger partial charge in [-0.25, -0.2) is 4.98 Å². The van der Waals surface area contributed by atoms with E-state index in [0.717, 1.165) is 5.69 Å². The van der Waals surface area contributed by atoms with Gasteiger partial charge in [-0.1, -0.05) is 5.16 Å². The maximum atomic E-state index is 12.6. The zero-order valence-corrected chi connectivity index (χ0v) is 13.7. The number of rotatable bonds is 3. The second-order valence-electron chi connectivity index (χ2n) is 6.49. The molecule has 126 valence electrons.